The molecule has 1 aliphatic heterocycles. The van der Waals surface area contributed by atoms with Crippen molar-refractivity contribution in [1.29, 1.82) is 0 Å². The van der Waals surface area contributed by atoms with E-state index in [1.165, 1.54) is 18.3 Å². The second-order valence-electron chi connectivity index (χ2n) is 7.74. The first kappa shape index (κ1) is 21.9. The third-order valence-corrected chi connectivity index (χ3v) is 7.33. The number of anilines is 2. The highest BCUT2D eigenvalue weighted by molar-refractivity contribution is 7.91. The maximum atomic E-state index is 13.6. The van der Waals surface area contributed by atoms with Crippen LogP contribution >= 0.6 is 0 Å². The van der Waals surface area contributed by atoms with Crippen LogP contribution in [0.1, 0.15) is 12.5 Å². The lowest BCUT2D eigenvalue weighted by Crippen LogP contribution is -2.49. The molecule has 168 valence electrons. The molecule has 0 radical (unpaired) electrons. The molecule has 0 unspecified atom stereocenters. The number of pyridine rings is 1. The normalized spacial score (nSPS) is 14.6. The molecule has 0 spiro atoms. The summed E-state index contributed by atoms with van der Waals surface area (Å²) in [6.45, 7) is 5.90. The zero-order valence-electron chi connectivity index (χ0n) is 18.1. The molecule has 2 aromatic carbocycles. The van der Waals surface area contributed by atoms with Crippen LogP contribution < -0.4 is 10.6 Å². The average Bonchev–Trinajstić information content (AvgIpc) is 2.79. The number of piperazine rings is 1. The van der Waals surface area contributed by atoms with Crippen LogP contribution in [-0.4, -0.2) is 57.2 Å². The van der Waals surface area contributed by atoms with E-state index in [1.54, 1.807) is 24.0 Å². The Hall–Kier alpha value is -3.33. The molecule has 4 rings (SSSR count). The number of amides is 1. The molecule has 1 amide bonds. The molecule has 1 fully saturated rings. The van der Waals surface area contributed by atoms with E-state index < -0.39 is 9.84 Å². The summed E-state index contributed by atoms with van der Waals surface area (Å²) < 4.78 is 32.3. The number of aryl methyl sites for hydroxylation is 1. The predicted molar refractivity (Wildman–Crippen MR) is 124 cm³/mol. The third kappa shape index (κ3) is 4.08. The number of hydrogen-bond donors (Lipinski definition) is 1. The molecule has 8 nitrogen and oxygen atoms in total. The minimum Gasteiger partial charge on any atom is -0.450 e. The Morgan fingerprint density at radius 1 is 1.09 bits per heavy atom. The molecule has 1 aromatic heterocycles. The highest BCUT2D eigenvalue weighted by Crippen LogP contribution is 2.36. The maximum absolute atomic E-state index is 13.6. The molecule has 0 atom stereocenters. The number of aromatic nitrogens is 1. The fraction of sp³-hybridized carbons (Fsp3) is 0.304. The first-order valence-corrected chi connectivity index (χ1v) is 12.0. The van der Waals surface area contributed by atoms with Crippen molar-refractivity contribution in [1.82, 2.24) is 9.88 Å². The van der Waals surface area contributed by atoms with Gasteiger partial charge in [-0.3, -0.25) is 4.98 Å². The maximum Gasteiger partial charge on any atom is 0.409 e. The molecule has 0 aliphatic carbocycles. The Morgan fingerprint density at radius 3 is 2.44 bits per heavy atom. The van der Waals surface area contributed by atoms with Crippen molar-refractivity contribution in [3.8, 4) is 0 Å². The van der Waals surface area contributed by atoms with Crippen molar-refractivity contribution in [2.24, 2.45) is 0 Å². The topological polar surface area (TPSA) is 106 Å². The summed E-state index contributed by atoms with van der Waals surface area (Å²) in [5.41, 5.74) is 8.57. The number of benzene rings is 2. The number of sulfone groups is 1. The van der Waals surface area contributed by atoms with Crippen LogP contribution in [0.4, 0.5) is 16.2 Å². The van der Waals surface area contributed by atoms with Crippen molar-refractivity contribution in [3.63, 3.8) is 0 Å². The highest BCUT2D eigenvalue weighted by Gasteiger charge is 2.30. The monoisotopic (exact) mass is 454 g/mol. The number of fused-ring (bicyclic) bond motifs is 1. The first-order chi connectivity index (χ1) is 15.3. The molecule has 2 N–H and O–H groups in total. The molecule has 1 saturated heterocycles. The number of carbonyl (C=O) groups excluding carboxylic acids is 1. The summed E-state index contributed by atoms with van der Waals surface area (Å²) >= 11 is 0. The van der Waals surface area contributed by atoms with E-state index >= 15 is 0 Å². The van der Waals surface area contributed by atoms with Crippen LogP contribution in [0, 0.1) is 6.92 Å². The van der Waals surface area contributed by atoms with Crippen LogP contribution in [0.5, 0.6) is 0 Å². The number of nitrogens with zero attached hydrogens (tertiary/aromatic N) is 3. The van der Waals surface area contributed by atoms with Gasteiger partial charge in [0, 0.05) is 43.4 Å². The van der Waals surface area contributed by atoms with Crippen molar-refractivity contribution >= 4 is 38.2 Å². The van der Waals surface area contributed by atoms with Gasteiger partial charge in [-0.1, -0.05) is 11.6 Å². The summed E-state index contributed by atoms with van der Waals surface area (Å²) in [6, 6.07) is 12.0. The fourth-order valence-corrected chi connectivity index (χ4v) is 5.33. The van der Waals surface area contributed by atoms with Gasteiger partial charge in [0.2, 0.25) is 9.84 Å². The van der Waals surface area contributed by atoms with Gasteiger partial charge in [-0.15, -0.1) is 0 Å². The summed E-state index contributed by atoms with van der Waals surface area (Å²) in [6.07, 6.45) is 1.08. The first-order valence-electron chi connectivity index (χ1n) is 10.5. The minimum atomic E-state index is -3.84. The smallest absolute Gasteiger partial charge is 0.409 e. The van der Waals surface area contributed by atoms with E-state index in [0.29, 0.717) is 44.2 Å². The largest absolute Gasteiger partial charge is 0.450 e. The van der Waals surface area contributed by atoms with Crippen LogP contribution in [0.2, 0.25) is 0 Å². The second kappa shape index (κ2) is 8.66. The van der Waals surface area contributed by atoms with Gasteiger partial charge < -0.3 is 20.3 Å². The number of rotatable bonds is 4. The van der Waals surface area contributed by atoms with Gasteiger partial charge in [0.05, 0.1) is 22.7 Å². The summed E-state index contributed by atoms with van der Waals surface area (Å²) in [4.78, 5) is 20.5. The number of nitrogens with two attached hydrogens (primary N) is 1. The lowest BCUT2D eigenvalue weighted by molar-refractivity contribution is 0.105. The quantitative estimate of drug-likeness (QED) is 0.603. The molecule has 32 heavy (non-hydrogen) atoms. The fourth-order valence-electron chi connectivity index (χ4n) is 3.90. The van der Waals surface area contributed by atoms with Gasteiger partial charge in [0.1, 0.15) is 4.90 Å². The van der Waals surface area contributed by atoms with E-state index in [2.05, 4.69) is 4.98 Å². The minimum absolute atomic E-state index is 0.143. The molecule has 3 aromatic rings. The van der Waals surface area contributed by atoms with Crippen molar-refractivity contribution in [2.75, 3.05) is 43.4 Å². The molecule has 1 aliphatic rings. The van der Waals surface area contributed by atoms with Crippen LogP contribution in [-0.2, 0) is 14.6 Å². The van der Waals surface area contributed by atoms with E-state index in [9.17, 15) is 13.2 Å². The van der Waals surface area contributed by atoms with Crippen LogP contribution in [0.3, 0.4) is 0 Å². The van der Waals surface area contributed by atoms with Gasteiger partial charge in [-0.25, -0.2) is 13.2 Å². The van der Waals surface area contributed by atoms with E-state index in [4.69, 9.17) is 10.5 Å². The van der Waals surface area contributed by atoms with Gasteiger partial charge in [0.15, 0.2) is 0 Å². The van der Waals surface area contributed by atoms with Crippen molar-refractivity contribution in [3.05, 3.63) is 54.2 Å². The number of carbonyl (C=O) groups is 1. The van der Waals surface area contributed by atoms with Crippen LogP contribution in [0.15, 0.2) is 58.5 Å². The zero-order chi connectivity index (χ0) is 22.9. The van der Waals surface area contributed by atoms with Crippen molar-refractivity contribution < 1.29 is 17.9 Å². The highest BCUT2D eigenvalue weighted by atomic mass is 32.2. The summed E-state index contributed by atoms with van der Waals surface area (Å²) in [5, 5.41) is 0.770. The van der Waals surface area contributed by atoms with Gasteiger partial charge in [-0.2, -0.15) is 0 Å². The molecular weight excluding hydrogens is 428 g/mol. The molecule has 9 heteroatoms. The Morgan fingerprint density at radius 2 is 1.78 bits per heavy atom. The number of nitrogen functional groups attached to an aromatic ring is 1. The second-order valence-corrected chi connectivity index (χ2v) is 9.66. The Balaban J connectivity index is 1.81. The summed E-state index contributed by atoms with van der Waals surface area (Å²) in [7, 11) is -3.84. The van der Waals surface area contributed by atoms with E-state index in [-0.39, 0.29) is 15.9 Å². The summed E-state index contributed by atoms with van der Waals surface area (Å²) in [5.74, 6) is 0. The van der Waals surface area contributed by atoms with Crippen molar-refractivity contribution in [2.45, 2.75) is 23.6 Å². The zero-order valence-corrected chi connectivity index (χ0v) is 18.9. The molecule has 2 heterocycles. The molecule has 0 saturated carbocycles. The SMILES string of the molecule is CCOC(=O)N1CCN(c2c(S(=O)(=O)c3ccc(N)cc3)cnc3ccc(C)cc23)CC1. The van der Waals surface area contributed by atoms with Gasteiger partial charge in [0.25, 0.3) is 0 Å². The number of hydrogen-bond acceptors (Lipinski definition) is 7. The Labute approximate surface area is 187 Å². The Bertz CT molecular complexity index is 1250. The lowest BCUT2D eigenvalue weighted by Gasteiger charge is -2.36. The van der Waals surface area contributed by atoms with Gasteiger partial charge in [-0.05, 0) is 50.2 Å². The molecule has 0 bridgehead atoms. The third-order valence-electron chi connectivity index (χ3n) is 5.56. The molecular formula is C23H26N4O4S. The average molecular weight is 455 g/mol. The lowest BCUT2D eigenvalue weighted by atomic mass is 10.1. The standard InChI is InChI=1S/C23H26N4O4S/c1-3-31-23(28)27-12-10-26(11-13-27)22-19-14-16(2)4-9-20(19)25-15-21(22)32(29,30)18-7-5-17(24)6-8-18/h4-9,14-15H,3,10-13,24H2,1-2H3. The predicted octanol–water partition coefficient (Wildman–Crippen LogP) is 3.24. The van der Waals surface area contributed by atoms with E-state index in [1.807, 2.05) is 30.0 Å². The van der Waals surface area contributed by atoms with Crippen LogP contribution in [0.25, 0.3) is 10.9 Å². The Kier molecular flexibility index (Phi) is 5.92. The number of ether oxygens (including phenoxy) is 1. The van der Waals surface area contributed by atoms with E-state index in [0.717, 1.165) is 16.5 Å². The van der Waals surface area contributed by atoms with Gasteiger partial charge >= 0.3 is 6.09 Å².